The lowest BCUT2D eigenvalue weighted by molar-refractivity contribution is -0.140. The summed E-state index contributed by atoms with van der Waals surface area (Å²) in [7, 11) is -1.44. The predicted molar refractivity (Wildman–Crippen MR) is 192 cm³/mol. The van der Waals surface area contributed by atoms with Crippen LogP contribution in [-0.2, 0) is 32.6 Å². The zero-order valence-corrected chi connectivity index (χ0v) is 29.5. The van der Waals surface area contributed by atoms with Crippen molar-refractivity contribution < 1.29 is 27.5 Å². The molecule has 1 atom stereocenters. The molecule has 2 amide bonds. The molecule has 1 saturated carbocycles. The van der Waals surface area contributed by atoms with Gasteiger partial charge < -0.3 is 19.7 Å². The number of aryl methyl sites for hydroxylation is 1. The lowest BCUT2D eigenvalue weighted by atomic mass is 10.0. The Morgan fingerprint density at radius 3 is 2.18 bits per heavy atom. The molecule has 0 aliphatic heterocycles. The Morgan fingerprint density at radius 2 is 1.53 bits per heavy atom. The third-order valence-electron chi connectivity index (χ3n) is 8.76. The topological polar surface area (TPSA) is 105 Å². The molecule has 0 spiro atoms. The number of amides is 2. The lowest BCUT2D eigenvalue weighted by Crippen LogP contribution is -2.54. The molecule has 0 unspecified atom stereocenters. The zero-order chi connectivity index (χ0) is 35.0. The summed E-state index contributed by atoms with van der Waals surface area (Å²) in [5, 5.41) is 3.67. The van der Waals surface area contributed by atoms with Gasteiger partial charge in [0.2, 0.25) is 11.8 Å². The highest BCUT2D eigenvalue weighted by molar-refractivity contribution is 7.92. The quantitative estimate of drug-likeness (QED) is 0.160. The molecule has 0 aromatic heterocycles. The summed E-state index contributed by atoms with van der Waals surface area (Å²) in [6.07, 6.45) is 4.03. The summed E-state index contributed by atoms with van der Waals surface area (Å²) in [5.74, 6) is -0.236. The number of hydrogen-bond acceptors (Lipinski definition) is 6. The van der Waals surface area contributed by atoms with E-state index in [9.17, 15) is 18.0 Å². The normalized spacial score (nSPS) is 13.8. The largest absolute Gasteiger partial charge is 0.493 e. The number of benzene rings is 4. The van der Waals surface area contributed by atoms with Gasteiger partial charge in [-0.15, -0.1) is 0 Å². The van der Waals surface area contributed by atoms with Crippen LogP contribution in [0.25, 0.3) is 0 Å². The second-order valence-electron chi connectivity index (χ2n) is 12.2. The average Bonchev–Trinajstić information content (AvgIpc) is 3.62. The van der Waals surface area contributed by atoms with Crippen molar-refractivity contribution in [1.29, 1.82) is 0 Å². The first kappa shape index (κ1) is 35.8. The van der Waals surface area contributed by atoms with Crippen LogP contribution in [0.1, 0.15) is 42.4 Å². The number of sulfonamides is 1. The van der Waals surface area contributed by atoms with Crippen LogP contribution in [0.3, 0.4) is 0 Å². The van der Waals surface area contributed by atoms with Gasteiger partial charge in [0.25, 0.3) is 10.0 Å². The van der Waals surface area contributed by atoms with Crippen molar-refractivity contribution in [2.45, 2.75) is 62.6 Å². The van der Waals surface area contributed by atoms with E-state index in [1.165, 1.54) is 37.3 Å². The van der Waals surface area contributed by atoms with E-state index in [4.69, 9.17) is 21.1 Å². The highest BCUT2D eigenvalue weighted by Crippen LogP contribution is 2.33. The number of rotatable bonds is 14. The maximum Gasteiger partial charge on any atom is 0.264 e. The number of halogens is 1. The van der Waals surface area contributed by atoms with Crippen LogP contribution >= 0.6 is 11.6 Å². The van der Waals surface area contributed by atoms with Gasteiger partial charge in [0, 0.05) is 30.1 Å². The van der Waals surface area contributed by atoms with Crippen LogP contribution in [0.15, 0.2) is 102 Å². The Kier molecular flexibility index (Phi) is 11.9. The molecule has 1 aliphatic carbocycles. The number of methoxy groups -OCH3 is 2. The molecule has 4 aromatic rings. The SMILES string of the molecule is COc1ccc(S(=O)(=O)N(CC(=O)N(Cc2cccc(Cl)c2)[C@@H](Cc2ccccc2)C(=O)NC2CCCC2)c2ccc(C)cc2)cc1OC. The van der Waals surface area contributed by atoms with Crippen molar-refractivity contribution in [3.8, 4) is 11.5 Å². The minimum Gasteiger partial charge on any atom is -0.493 e. The van der Waals surface area contributed by atoms with Gasteiger partial charge in [0.15, 0.2) is 11.5 Å². The van der Waals surface area contributed by atoms with Gasteiger partial charge in [0.1, 0.15) is 12.6 Å². The second-order valence-corrected chi connectivity index (χ2v) is 14.5. The monoisotopic (exact) mass is 703 g/mol. The average molecular weight is 704 g/mol. The standard InChI is InChI=1S/C38H42ClN3O6S/c1-27-16-18-32(19-17-27)42(49(45,46)33-20-21-35(47-2)36(24-33)48-3)26-37(43)41(25-29-12-9-13-30(39)22-29)34(23-28-10-5-4-6-11-28)38(44)40-31-14-7-8-15-31/h4-6,9-13,16-22,24,31,34H,7-8,14-15,23,25-26H2,1-3H3,(H,40,44)/t34-/m0/s1. The van der Waals surface area contributed by atoms with Crippen LogP contribution in [0.5, 0.6) is 11.5 Å². The summed E-state index contributed by atoms with van der Waals surface area (Å²) in [6.45, 7) is 1.36. The fourth-order valence-corrected chi connectivity index (χ4v) is 7.74. The van der Waals surface area contributed by atoms with Crippen LogP contribution in [0.4, 0.5) is 5.69 Å². The van der Waals surface area contributed by atoms with Crippen molar-refractivity contribution in [2.24, 2.45) is 0 Å². The fourth-order valence-electron chi connectivity index (χ4n) is 6.10. The predicted octanol–water partition coefficient (Wildman–Crippen LogP) is 6.56. The van der Waals surface area contributed by atoms with Crippen LogP contribution in [0, 0.1) is 6.92 Å². The summed E-state index contributed by atoms with van der Waals surface area (Å²) in [4.78, 5) is 30.3. The first-order valence-electron chi connectivity index (χ1n) is 16.3. The van der Waals surface area contributed by atoms with E-state index in [2.05, 4.69) is 5.32 Å². The van der Waals surface area contributed by atoms with Crippen molar-refractivity contribution in [2.75, 3.05) is 25.1 Å². The second kappa shape index (κ2) is 16.2. The zero-order valence-electron chi connectivity index (χ0n) is 28.0. The Morgan fingerprint density at radius 1 is 0.857 bits per heavy atom. The molecule has 258 valence electrons. The number of ether oxygens (including phenoxy) is 2. The van der Waals surface area contributed by atoms with Gasteiger partial charge in [-0.2, -0.15) is 0 Å². The van der Waals surface area contributed by atoms with Gasteiger partial charge >= 0.3 is 0 Å². The van der Waals surface area contributed by atoms with E-state index < -0.39 is 28.5 Å². The summed E-state index contributed by atoms with van der Waals surface area (Å²) < 4.78 is 40.7. The smallest absolute Gasteiger partial charge is 0.264 e. The first-order valence-corrected chi connectivity index (χ1v) is 18.1. The number of hydrogen-bond donors (Lipinski definition) is 1. The molecule has 0 bridgehead atoms. The van der Waals surface area contributed by atoms with E-state index in [0.29, 0.717) is 22.0 Å². The lowest BCUT2D eigenvalue weighted by Gasteiger charge is -2.34. The van der Waals surface area contributed by atoms with Crippen molar-refractivity contribution in [3.05, 3.63) is 119 Å². The number of nitrogens with one attached hydrogen (secondary N) is 1. The minimum absolute atomic E-state index is 0.0170. The Bertz CT molecular complexity index is 1850. The summed E-state index contributed by atoms with van der Waals surface area (Å²) >= 11 is 6.35. The highest BCUT2D eigenvalue weighted by Gasteiger charge is 2.36. The Balaban J connectivity index is 1.58. The maximum atomic E-state index is 14.7. The molecule has 0 saturated heterocycles. The van der Waals surface area contributed by atoms with Gasteiger partial charge in [-0.05, 0) is 67.3 Å². The molecular weight excluding hydrogens is 662 g/mol. The minimum atomic E-state index is -4.33. The van der Waals surface area contributed by atoms with E-state index in [1.54, 1.807) is 42.5 Å². The molecular formula is C38H42ClN3O6S. The van der Waals surface area contributed by atoms with Gasteiger partial charge in [0.05, 0.1) is 24.8 Å². The van der Waals surface area contributed by atoms with E-state index in [0.717, 1.165) is 41.1 Å². The van der Waals surface area contributed by atoms with Gasteiger partial charge in [-0.25, -0.2) is 8.42 Å². The maximum absolute atomic E-state index is 14.7. The number of nitrogens with zero attached hydrogens (tertiary/aromatic N) is 2. The van der Waals surface area contributed by atoms with Gasteiger partial charge in [-0.1, -0.05) is 84.6 Å². The van der Waals surface area contributed by atoms with Crippen LogP contribution < -0.4 is 19.1 Å². The Labute approximate surface area is 293 Å². The molecule has 1 fully saturated rings. The number of anilines is 1. The van der Waals surface area contributed by atoms with Crippen molar-refractivity contribution >= 4 is 39.1 Å². The third kappa shape index (κ3) is 8.93. The highest BCUT2D eigenvalue weighted by atomic mass is 35.5. The first-order chi connectivity index (χ1) is 23.6. The van der Waals surface area contributed by atoms with Crippen LogP contribution in [0.2, 0.25) is 5.02 Å². The van der Waals surface area contributed by atoms with E-state index in [1.807, 2.05) is 43.3 Å². The van der Waals surface area contributed by atoms with Crippen molar-refractivity contribution in [1.82, 2.24) is 10.2 Å². The summed E-state index contributed by atoms with van der Waals surface area (Å²) in [6, 6.07) is 26.9. The molecule has 9 nitrogen and oxygen atoms in total. The number of carbonyl (C=O) groups excluding carboxylic acids is 2. The van der Waals surface area contributed by atoms with Crippen LogP contribution in [-0.4, -0.2) is 58.0 Å². The fraction of sp³-hybridized carbons (Fsp3) is 0.316. The molecule has 0 radical (unpaired) electrons. The van der Waals surface area contributed by atoms with Gasteiger partial charge in [-0.3, -0.25) is 13.9 Å². The molecule has 1 aliphatic rings. The molecule has 5 rings (SSSR count). The molecule has 0 heterocycles. The van der Waals surface area contributed by atoms with Crippen molar-refractivity contribution in [3.63, 3.8) is 0 Å². The van der Waals surface area contributed by atoms with E-state index >= 15 is 0 Å². The molecule has 49 heavy (non-hydrogen) atoms. The third-order valence-corrected chi connectivity index (χ3v) is 10.8. The summed E-state index contributed by atoms with van der Waals surface area (Å²) in [5.41, 5.74) is 2.79. The Hall–Kier alpha value is -4.54. The molecule has 4 aromatic carbocycles. The number of carbonyl (C=O) groups is 2. The van der Waals surface area contributed by atoms with E-state index in [-0.39, 0.29) is 35.6 Å². The molecule has 1 N–H and O–H groups in total. The molecule has 11 heteroatoms.